The molecule has 0 aromatic heterocycles. The summed E-state index contributed by atoms with van der Waals surface area (Å²) in [6.45, 7) is 0. The Labute approximate surface area is 253 Å². The predicted molar refractivity (Wildman–Crippen MR) is 138 cm³/mol. The van der Waals surface area contributed by atoms with Gasteiger partial charge in [-0.1, -0.05) is 27.5 Å². The van der Waals surface area contributed by atoms with Crippen LogP contribution < -0.4 is 4.74 Å². The van der Waals surface area contributed by atoms with E-state index in [1.54, 1.807) is 6.07 Å². The van der Waals surface area contributed by atoms with E-state index in [4.69, 9.17) is 21.6 Å². The van der Waals surface area contributed by atoms with Gasteiger partial charge in [-0.25, -0.2) is 26.0 Å². The van der Waals surface area contributed by atoms with E-state index < -0.39 is 94.3 Å². The van der Waals surface area contributed by atoms with E-state index in [1.165, 1.54) is 18.2 Å². The highest BCUT2D eigenvalue weighted by Crippen LogP contribution is 2.47. The first-order chi connectivity index (χ1) is 19.9. The Morgan fingerprint density at radius 1 is 0.814 bits per heavy atom. The van der Waals surface area contributed by atoms with Crippen LogP contribution in [-0.4, -0.2) is 30.5 Å². The zero-order valence-corrected chi connectivity index (χ0v) is 24.3. The summed E-state index contributed by atoms with van der Waals surface area (Å²) in [5.41, 5.74) is -3.14. The summed E-state index contributed by atoms with van der Waals surface area (Å²) in [7, 11) is -6.34. The van der Waals surface area contributed by atoms with Gasteiger partial charge in [0, 0.05) is 26.2 Å². The SMILES string of the molecule is N#Cc1cc(Cl)cc(Oc2ccc3c(c2C(F)F)S(=O)C(F)(F)C3=O)c1.O=C1c2ccc(Br)c(C(F)F)c2S(=O)C1(F)F. The van der Waals surface area contributed by atoms with Gasteiger partial charge in [-0.3, -0.25) is 9.59 Å². The second-order valence-corrected chi connectivity index (χ2v) is 12.6. The summed E-state index contributed by atoms with van der Waals surface area (Å²) in [5, 5.41) is 0.570. The van der Waals surface area contributed by atoms with Gasteiger partial charge < -0.3 is 4.74 Å². The molecule has 43 heavy (non-hydrogen) atoms. The highest BCUT2D eigenvalue weighted by atomic mass is 79.9. The lowest BCUT2D eigenvalue weighted by atomic mass is 10.1. The van der Waals surface area contributed by atoms with Crippen molar-refractivity contribution in [3.05, 3.63) is 79.8 Å². The van der Waals surface area contributed by atoms with Crippen LogP contribution in [0.5, 0.6) is 11.5 Å². The third-order valence-corrected chi connectivity index (χ3v) is 9.65. The fraction of sp³-hybridized carbons (Fsp3) is 0.160. The van der Waals surface area contributed by atoms with Crippen molar-refractivity contribution in [3.63, 3.8) is 0 Å². The normalized spacial score (nSPS) is 19.5. The Morgan fingerprint density at radius 3 is 1.79 bits per heavy atom. The number of hydrogen-bond donors (Lipinski definition) is 0. The zero-order chi connectivity index (χ0) is 32.2. The molecule has 0 aliphatic carbocycles. The number of nitriles is 1. The van der Waals surface area contributed by atoms with Crippen molar-refractivity contribution in [1.82, 2.24) is 0 Å². The molecule has 0 radical (unpaired) electrons. The van der Waals surface area contributed by atoms with Crippen LogP contribution in [0.4, 0.5) is 35.1 Å². The summed E-state index contributed by atoms with van der Waals surface area (Å²) < 4.78 is 135. The first-order valence-corrected chi connectivity index (χ1v) is 14.5. The van der Waals surface area contributed by atoms with Gasteiger partial charge in [0.15, 0.2) is 0 Å². The molecule has 2 aliphatic heterocycles. The van der Waals surface area contributed by atoms with Gasteiger partial charge in [0.2, 0.25) is 11.6 Å². The van der Waals surface area contributed by atoms with Crippen LogP contribution in [0.25, 0.3) is 0 Å². The number of hydrogen-bond acceptors (Lipinski definition) is 6. The van der Waals surface area contributed by atoms with Crippen molar-refractivity contribution in [2.24, 2.45) is 0 Å². The number of fused-ring (bicyclic) bond motifs is 2. The van der Waals surface area contributed by atoms with E-state index in [9.17, 15) is 53.1 Å². The maximum atomic E-state index is 13.7. The van der Waals surface area contributed by atoms with E-state index in [0.717, 1.165) is 24.3 Å². The van der Waals surface area contributed by atoms with Crippen molar-refractivity contribution < 1.29 is 57.9 Å². The number of carbonyl (C=O) groups excluding carboxylic acids is 2. The minimum atomic E-state index is -4.28. The molecule has 0 N–H and O–H groups in total. The summed E-state index contributed by atoms with van der Waals surface area (Å²) in [4.78, 5) is 21.1. The standard InChI is InChI=1S/C16H6ClF4NO3S.C9H3BrF4O2S/c17-8-3-7(6-22)4-9(5-8)25-11-2-1-10-13(12(11)15(18)19)26(24)16(20,21)14(10)23;10-4-2-1-3-6(5(4)8(11)12)17(16)9(13,14)7(3)15/h1-5,15H;1-2,8H. The number of benzene rings is 3. The molecule has 5 rings (SSSR count). The van der Waals surface area contributed by atoms with E-state index in [0.29, 0.717) is 0 Å². The van der Waals surface area contributed by atoms with Crippen LogP contribution in [0.2, 0.25) is 5.02 Å². The number of alkyl halides is 8. The third-order valence-electron chi connectivity index (χ3n) is 5.82. The Morgan fingerprint density at radius 2 is 1.30 bits per heavy atom. The average Bonchev–Trinajstić information content (AvgIpc) is 3.21. The molecule has 18 heteroatoms. The fourth-order valence-corrected chi connectivity index (χ4v) is 7.40. The molecule has 2 unspecified atom stereocenters. The van der Waals surface area contributed by atoms with Gasteiger partial charge in [0.05, 0.1) is 27.0 Å². The van der Waals surface area contributed by atoms with Crippen LogP contribution in [-0.2, 0) is 21.6 Å². The minimum absolute atomic E-state index is 0.0811. The number of ether oxygens (including phenoxy) is 1. The van der Waals surface area contributed by atoms with Gasteiger partial charge in [-0.2, -0.15) is 22.8 Å². The molecule has 0 saturated carbocycles. The second kappa shape index (κ2) is 11.7. The molecular formula is C25H9BrClF8NO5S2. The van der Waals surface area contributed by atoms with Crippen molar-refractivity contribution >= 4 is 60.7 Å². The molecule has 0 fully saturated rings. The topological polar surface area (TPSA) is 101 Å². The van der Waals surface area contributed by atoms with Gasteiger partial charge in [0.25, 0.3) is 12.9 Å². The monoisotopic (exact) mass is 733 g/mol. The first-order valence-electron chi connectivity index (χ1n) is 11.1. The Bertz CT molecular complexity index is 1800. The molecule has 226 valence electrons. The Kier molecular flexibility index (Phi) is 8.91. The third kappa shape index (κ3) is 5.61. The largest absolute Gasteiger partial charge is 0.457 e. The highest BCUT2D eigenvalue weighted by Gasteiger charge is 2.57. The molecule has 0 bridgehead atoms. The van der Waals surface area contributed by atoms with Crippen molar-refractivity contribution in [2.45, 2.75) is 33.2 Å². The quantitative estimate of drug-likeness (QED) is 0.251. The molecule has 2 aliphatic rings. The molecule has 6 nitrogen and oxygen atoms in total. The van der Waals surface area contributed by atoms with Crippen molar-refractivity contribution in [3.8, 4) is 17.6 Å². The van der Waals surface area contributed by atoms with Gasteiger partial charge in [-0.15, -0.1) is 0 Å². The number of ketones is 2. The Hall–Kier alpha value is -3.20. The van der Waals surface area contributed by atoms with E-state index in [-0.39, 0.29) is 20.8 Å². The average molecular weight is 735 g/mol. The second-order valence-electron chi connectivity index (χ2n) is 8.41. The molecule has 0 saturated heterocycles. The van der Waals surface area contributed by atoms with Crippen LogP contribution in [0.15, 0.2) is 56.7 Å². The fourth-order valence-electron chi connectivity index (χ4n) is 3.96. The van der Waals surface area contributed by atoms with E-state index in [2.05, 4.69) is 15.9 Å². The van der Waals surface area contributed by atoms with Gasteiger partial charge >= 0.3 is 10.5 Å². The summed E-state index contributed by atoms with van der Waals surface area (Å²) in [5.74, 6) is -4.13. The number of halogens is 10. The van der Waals surface area contributed by atoms with Crippen LogP contribution in [0.3, 0.4) is 0 Å². The lowest BCUT2D eigenvalue weighted by Crippen LogP contribution is -2.26. The Balaban J connectivity index is 0.000000215. The summed E-state index contributed by atoms with van der Waals surface area (Å²) >= 11 is 8.56. The van der Waals surface area contributed by atoms with Crippen molar-refractivity contribution in [2.75, 3.05) is 0 Å². The molecule has 3 aromatic carbocycles. The molecular weight excluding hydrogens is 726 g/mol. The van der Waals surface area contributed by atoms with Crippen LogP contribution >= 0.6 is 27.5 Å². The number of nitrogens with zero attached hydrogens (tertiary/aromatic N) is 1. The minimum Gasteiger partial charge on any atom is -0.457 e. The lowest BCUT2D eigenvalue weighted by molar-refractivity contribution is 0.0564. The smallest absolute Gasteiger partial charge is 0.387 e. The van der Waals surface area contributed by atoms with Crippen molar-refractivity contribution in [1.29, 1.82) is 5.26 Å². The molecule has 0 spiro atoms. The maximum absolute atomic E-state index is 13.7. The van der Waals surface area contributed by atoms with Gasteiger partial charge in [-0.05, 0) is 42.5 Å². The lowest BCUT2D eigenvalue weighted by Gasteiger charge is -2.14. The first kappa shape index (κ1) is 32.7. The van der Waals surface area contributed by atoms with E-state index >= 15 is 0 Å². The number of carbonyl (C=O) groups is 2. The molecule has 2 atom stereocenters. The van der Waals surface area contributed by atoms with E-state index in [1.807, 2.05) is 0 Å². The van der Waals surface area contributed by atoms with Gasteiger partial charge in [0.1, 0.15) is 33.1 Å². The maximum Gasteiger partial charge on any atom is 0.387 e. The summed E-state index contributed by atoms with van der Waals surface area (Å²) in [6, 6.07) is 9.31. The highest BCUT2D eigenvalue weighted by molar-refractivity contribution is 9.10. The zero-order valence-electron chi connectivity index (χ0n) is 20.3. The summed E-state index contributed by atoms with van der Waals surface area (Å²) in [6.07, 6.45) is -6.43. The molecule has 2 heterocycles. The molecule has 3 aromatic rings. The number of rotatable bonds is 4. The van der Waals surface area contributed by atoms with Crippen LogP contribution in [0.1, 0.15) is 50.3 Å². The van der Waals surface area contributed by atoms with Crippen LogP contribution in [0, 0.1) is 11.3 Å². The molecule has 0 amide bonds. The number of Topliss-reactive ketones (excluding diaryl/α,β-unsaturated/α-hetero) is 2. The predicted octanol–water partition coefficient (Wildman–Crippen LogP) is 8.12.